The van der Waals surface area contributed by atoms with Crippen molar-refractivity contribution < 1.29 is 9.59 Å². The van der Waals surface area contributed by atoms with Crippen molar-refractivity contribution in [3.8, 4) is 0 Å². The van der Waals surface area contributed by atoms with Crippen molar-refractivity contribution in [2.24, 2.45) is 23.7 Å². The smallest absolute Gasteiger partial charge is 0.230 e. The van der Waals surface area contributed by atoms with Gasteiger partial charge in [-0.1, -0.05) is 12.8 Å². The third-order valence-electron chi connectivity index (χ3n) is 4.56. The molecule has 3 aliphatic rings. The number of carbonyl (C=O) groups excluding carboxylic acids is 2. The normalized spacial score (nSPS) is 44.5. The first kappa shape index (κ1) is 9.37. The van der Waals surface area contributed by atoms with Crippen molar-refractivity contribution in [3.05, 3.63) is 0 Å². The Morgan fingerprint density at radius 2 is 1.27 bits per heavy atom. The molecule has 1 saturated heterocycles. The average molecular weight is 207 g/mol. The van der Waals surface area contributed by atoms with Crippen molar-refractivity contribution in [1.29, 1.82) is 0 Å². The van der Waals surface area contributed by atoms with Crippen LogP contribution in [0.15, 0.2) is 0 Å². The number of hydrogen-bond acceptors (Lipinski definition) is 2. The minimum Gasteiger partial charge on any atom is -0.296 e. The van der Waals surface area contributed by atoms with Gasteiger partial charge >= 0.3 is 0 Å². The highest BCUT2D eigenvalue weighted by Crippen LogP contribution is 2.47. The van der Waals surface area contributed by atoms with E-state index >= 15 is 0 Å². The van der Waals surface area contributed by atoms with Gasteiger partial charge < -0.3 is 0 Å². The lowest BCUT2D eigenvalue weighted by molar-refractivity contribution is -0.126. The highest BCUT2D eigenvalue weighted by Gasteiger charge is 2.51. The fourth-order valence-corrected chi connectivity index (χ4v) is 3.88. The predicted molar refractivity (Wildman–Crippen MR) is 54.8 cm³/mol. The van der Waals surface area contributed by atoms with Crippen LogP contribution >= 0.6 is 0 Å². The third kappa shape index (κ3) is 1.32. The molecule has 3 rings (SSSR count). The van der Waals surface area contributed by atoms with E-state index in [1.165, 1.54) is 12.8 Å². The molecule has 0 aromatic rings. The van der Waals surface area contributed by atoms with Gasteiger partial charge in [0.15, 0.2) is 0 Å². The van der Waals surface area contributed by atoms with E-state index in [1.807, 2.05) is 0 Å². The van der Waals surface area contributed by atoms with E-state index in [0.29, 0.717) is 11.8 Å². The molecule has 0 radical (unpaired) electrons. The Labute approximate surface area is 89.6 Å². The Kier molecular flexibility index (Phi) is 2.08. The molecular weight excluding hydrogens is 190 g/mol. The molecule has 0 aromatic carbocycles. The van der Waals surface area contributed by atoms with E-state index < -0.39 is 0 Å². The molecule has 2 amide bonds. The number of rotatable bonds is 0. The topological polar surface area (TPSA) is 46.2 Å². The van der Waals surface area contributed by atoms with Gasteiger partial charge in [0.05, 0.1) is 11.8 Å². The molecule has 2 bridgehead atoms. The summed E-state index contributed by atoms with van der Waals surface area (Å²) in [5.74, 6) is 1.05. The van der Waals surface area contributed by atoms with E-state index in [-0.39, 0.29) is 23.7 Å². The summed E-state index contributed by atoms with van der Waals surface area (Å²) in [4.78, 5) is 23.5. The maximum Gasteiger partial charge on any atom is 0.230 e. The van der Waals surface area contributed by atoms with E-state index in [9.17, 15) is 9.59 Å². The highest BCUT2D eigenvalue weighted by molar-refractivity contribution is 6.05. The van der Waals surface area contributed by atoms with Crippen molar-refractivity contribution in [1.82, 2.24) is 5.32 Å². The van der Waals surface area contributed by atoms with Gasteiger partial charge in [0.1, 0.15) is 0 Å². The maximum absolute atomic E-state index is 11.7. The largest absolute Gasteiger partial charge is 0.296 e. The molecule has 1 N–H and O–H groups in total. The first-order valence-corrected chi connectivity index (χ1v) is 6.12. The first-order chi connectivity index (χ1) is 7.27. The number of nitrogens with one attached hydrogen (secondary N) is 1. The zero-order valence-electron chi connectivity index (χ0n) is 8.87. The Hall–Kier alpha value is -0.860. The molecule has 4 atom stereocenters. The maximum atomic E-state index is 11.7. The minimum absolute atomic E-state index is 0.0154. The van der Waals surface area contributed by atoms with Crippen molar-refractivity contribution >= 4 is 11.8 Å². The molecule has 4 unspecified atom stereocenters. The van der Waals surface area contributed by atoms with Crippen molar-refractivity contribution in [2.75, 3.05) is 0 Å². The van der Waals surface area contributed by atoms with Crippen LogP contribution < -0.4 is 5.32 Å². The second-order valence-corrected chi connectivity index (χ2v) is 5.29. The number of hydrogen-bond donors (Lipinski definition) is 1. The predicted octanol–water partition coefficient (Wildman–Crippen LogP) is 1.48. The van der Waals surface area contributed by atoms with Crippen LogP contribution in [0.1, 0.15) is 38.5 Å². The van der Waals surface area contributed by atoms with Crippen LogP contribution in [0, 0.1) is 23.7 Å². The third-order valence-corrected chi connectivity index (χ3v) is 4.56. The molecule has 15 heavy (non-hydrogen) atoms. The van der Waals surface area contributed by atoms with Crippen LogP contribution in [0.2, 0.25) is 0 Å². The summed E-state index contributed by atoms with van der Waals surface area (Å²) in [6, 6.07) is 0. The van der Waals surface area contributed by atoms with Crippen LogP contribution in [0.3, 0.4) is 0 Å². The van der Waals surface area contributed by atoms with Gasteiger partial charge in [-0.25, -0.2) is 0 Å². The minimum atomic E-state index is 0.0154. The first-order valence-electron chi connectivity index (χ1n) is 6.12. The molecule has 1 aliphatic heterocycles. The van der Waals surface area contributed by atoms with Gasteiger partial charge in [-0.05, 0) is 37.5 Å². The Bertz CT molecular complexity index is 279. The number of carbonyl (C=O) groups is 2. The number of imide groups is 1. The van der Waals surface area contributed by atoms with Crippen LogP contribution in [0.4, 0.5) is 0 Å². The fraction of sp³-hybridized carbons (Fsp3) is 0.833. The summed E-state index contributed by atoms with van der Waals surface area (Å²) in [5.41, 5.74) is 0. The summed E-state index contributed by atoms with van der Waals surface area (Å²) in [6.07, 6.45) is 7.10. The lowest BCUT2D eigenvalue weighted by Crippen LogP contribution is -2.38. The van der Waals surface area contributed by atoms with E-state index in [1.54, 1.807) is 0 Å². The van der Waals surface area contributed by atoms with Gasteiger partial charge in [-0.3, -0.25) is 14.9 Å². The standard InChI is InChI=1S/C12H17NO2/c14-11-9-7-3-1-2-4-8(6-5-7)10(9)12(15)13-11/h7-10H,1-6H2,(H,13,14,15). The quantitative estimate of drug-likeness (QED) is 0.611. The summed E-state index contributed by atoms with van der Waals surface area (Å²) < 4.78 is 0. The molecule has 0 aromatic heterocycles. The molecule has 1 heterocycles. The molecule has 2 saturated carbocycles. The Morgan fingerprint density at radius 3 is 1.73 bits per heavy atom. The molecule has 2 aliphatic carbocycles. The second kappa shape index (κ2) is 3.32. The molecule has 3 fully saturated rings. The molecule has 3 heteroatoms. The molecule has 0 spiro atoms. The summed E-state index contributed by atoms with van der Waals surface area (Å²) in [6.45, 7) is 0. The van der Waals surface area contributed by atoms with Crippen LogP contribution in [0.5, 0.6) is 0 Å². The lowest BCUT2D eigenvalue weighted by atomic mass is 9.63. The number of amides is 2. The van der Waals surface area contributed by atoms with Crippen LogP contribution in [0.25, 0.3) is 0 Å². The molecule has 82 valence electrons. The second-order valence-electron chi connectivity index (χ2n) is 5.29. The zero-order chi connectivity index (χ0) is 10.4. The fourth-order valence-electron chi connectivity index (χ4n) is 3.88. The highest BCUT2D eigenvalue weighted by atomic mass is 16.2. The van der Waals surface area contributed by atoms with Gasteiger partial charge in [-0.15, -0.1) is 0 Å². The average Bonchev–Trinajstić information content (AvgIpc) is 2.43. The Balaban J connectivity index is 1.96. The summed E-state index contributed by atoms with van der Waals surface area (Å²) in [5, 5.41) is 2.54. The van der Waals surface area contributed by atoms with Crippen LogP contribution in [-0.4, -0.2) is 11.8 Å². The van der Waals surface area contributed by atoms with Crippen molar-refractivity contribution in [3.63, 3.8) is 0 Å². The zero-order valence-corrected chi connectivity index (χ0v) is 8.87. The van der Waals surface area contributed by atoms with Gasteiger partial charge in [0.25, 0.3) is 0 Å². The Morgan fingerprint density at radius 1 is 0.800 bits per heavy atom. The van der Waals surface area contributed by atoms with Crippen molar-refractivity contribution in [2.45, 2.75) is 38.5 Å². The molecule has 3 nitrogen and oxygen atoms in total. The SMILES string of the molecule is O=C1NC(=O)C2C3CCCCC(CC3)C12. The van der Waals surface area contributed by atoms with E-state index in [2.05, 4.69) is 5.32 Å². The lowest BCUT2D eigenvalue weighted by Gasteiger charge is -2.39. The van der Waals surface area contributed by atoms with E-state index in [0.717, 1.165) is 25.7 Å². The summed E-state index contributed by atoms with van der Waals surface area (Å²) >= 11 is 0. The van der Waals surface area contributed by atoms with Gasteiger partial charge in [0.2, 0.25) is 11.8 Å². The monoisotopic (exact) mass is 207 g/mol. The van der Waals surface area contributed by atoms with Gasteiger partial charge in [0, 0.05) is 0 Å². The van der Waals surface area contributed by atoms with Crippen LogP contribution in [-0.2, 0) is 9.59 Å². The van der Waals surface area contributed by atoms with E-state index in [4.69, 9.17) is 0 Å². The van der Waals surface area contributed by atoms with Gasteiger partial charge in [-0.2, -0.15) is 0 Å². The molecular formula is C12H17NO2. The summed E-state index contributed by atoms with van der Waals surface area (Å²) in [7, 11) is 0.